The molecule has 0 saturated carbocycles. The van der Waals surface area contributed by atoms with Crippen molar-refractivity contribution >= 4 is 22.1 Å². The van der Waals surface area contributed by atoms with E-state index < -0.39 is 0 Å². The topological polar surface area (TPSA) is 116 Å². The Balaban J connectivity index is 1.25. The van der Waals surface area contributed by atoms with Crippen molar-refractivity contribution in [1.29, 1.82) is 0 Å². The van der Waals surface area contributed by atoms with Gasteiger partial charge in [-0.25, -0.2) is 9.97 Å². The van der Waals surface area contributed by atoms with Gasteiger partial charge in [-0.3, -0.25) is 0 Å². The number of nitrogens with one attached hydrogen (secondary N) is 2. The highest BCUT2D eigenvalue weighted by atomic mass is 16.5. The van der Waals surface area contributed by atoms with E-state index >= 15 is 0 Å². The van der Waals surface area contributed by atoms with Crippen LogP contribution < -0.4 is 9.47 Å². The summed E-state index contributed by atoms with van der Waals surface area (Å²) in [6, 6.07) is 27.7. The number of nitrogens with zero attached hydrogens (tertiary/aromatic N) is 2. The number of imidazole rings is 2. The molecule has 0 unspecified atom stereocenters. The number of benzene rings is 4. The number of aromatic amines is 2. The van der Waals surface area contributed by atoms with Crippen molar-refractivity contribution in [3.63, 3.8) is 0 Å². The summed E-state index contributed by atoms with van der Waals surface area (Å²) in [6.07, 6.45) is 0. The van der Waals surface area contributed by atoms with Gasteiger partial charge in [0.25, 0.3) is 0 Å². The van der Waals surface area contributed by atoms with Crippen molar-refractivity contribution in [3.8, 4) is 45.4 Å². The molecule has 4 aromatic carbocycles. The maximum absolute atomic E-state index is 8.92. The molecule has 38 heavy (non-hydrogen) atoms. The number of fused-ring (bicyclic) bond motifs is 2. The monoisotopic (exact) mass is 506 g/mol. The molecule has 8 heteroatoms. The van der Waals surface area contributed by atoms with Gasteiger partial charge in [-0.2, -0.15) is 0 Å². The van der Waals surface area contributed by atoms with Gasteiger partial charge < -0.3 is 29.7 Å². The fraction of sp³-hybridized carbons (Fsp3) is 0.133. The van der Waals surface area contributed by atoms with E-state index in [1.54, 1.807) is 0 Å². The van der Waals surface area contributed by atoms with Crippen LogP contribution in [0.3, 0.4) is 0 Å². The molecular weight excluding hydrogens is 480 g/mol. The van der Waals surface area contributed by atoms with Crippen LogP contribution in [0, 0.1) is 0 Å². The van der Waals surface area contributed by atoms with Crippen LogP contribution >= 0.6 is 0 Å². The zero-order chi connectivity index (χ0) is 25.9. The third kappa shape index (κ3) is 4.82. The lowest BCUT2D eigenvalue weighted by Gasteiger charge is -2.04. The Labute approximate surface area is 218 Å². The number of aromatic nitrogens is 4. The molecule has 0 spiro atoms. The zero-order valence-corrected chi connectivity index (χ0v) is 20.5. The summed E-state index contributed by atoms with van der Waals surface area (Å²) in [7, 11) is 0. The fourth-order valence-electron chi connectivity index (χ4n) is 4.40. The standard InChI is InChI=1S/C30H26N4O4/c35-13-15-37-23-7-1-19(2-8-23)29-31-25-11-5-21(17-27(25)33-29)22-6-12-26-28(18-22)34-30(32-26)20-3-9-24(10-4-20)38-16-14-36/h1-12,17-18,35-36H,13-16H2,(H,31,33)(H,32,34). The van der Waals surface area contributed by atoms with Crippen molar-refractivity contribution in [3.05, 3.63) is 84.9 Å². The van der Waals surface area contributed by atoms with Gasteiger partial charge in [0.05, 0.1) is 35.3 Å². The molecule has 0 aliphatic heterocycles. The molecule has 0 bridgehead atoms. The van der Waals surface area contributed by atoms with E-state index in [0.717, 1.165) is 56.0 Å². The Kier molecular flexibility index (Phi) is 6.47. The lowest BCUT2D eigenvalue weighted by molar-refractivity contribution is 0.201. The third-order valence-corrected chi connectivity index (χ3v) is 6.27. The molecular formula is C30H26N4O4. The lowest BCUT2D eigenvalue weighted by Crippen LogP contribution is -2.01. The van der Waals surface area contributed by atoms with E-state index in [2.05, 4.69) is 34.2 Å². The van der Waals surface area contributed by atoms with Crippen LogP contribution in [0.5, 0.6) is 11.5 Å². The Morgan fingerprint density at radius 3 is 1.32 bits per heavy atom. The minimum Gasteiger partial charge on any atom is -0.491 e. The van der Waals surface area contributed by atoms with Gasteiger partial charge in [0.1, 0.15) is 36.4 Å². The van der Waals surface area contributed by atoms with Gasteiger partial charge in [-0.15, -0.1) is 0 Å². The number of hydrogen-bond donors (Lipinski definition) is 4. The van der Waals surface area contributed by atoms with E-state index in [0.29, 0.717) is 11.5 Å². The van der Waals surface area contributed by atoms with E-state index in [-0.39, 0.29) is 26.4 Å². The lowest BCUT2D eigenvalue weighted by atomic mass is 10.0. The van der Waals surface area contributed by atoms with E-state index in [1.165, 1.54) is 0 Å². The molecule has 0 aliphatic carbocycles. The van der Waals surface area contributed by atoms with Crippen molar-refractivity contribution in [2.75, 3.05) is 26.4 Å². The summed E-state index contributed by atoms with van der Waals surface area (Å²) < 4.78 is 10.9. The summed E-state index contributed by atoms with van der Waals surface area (Å²) in [5.41, 5.74) is 7.74. The molecule has 0 aliphatic rings. The molecule has 190 valence electrons. The van der Waals surface area contributed by atoms with Gasteiger partial charge in [0.15, 0.2) is 0 Å². The number of hydrogen-bond acceptors (Lipinski definition) is 6. The van der Waals surface area contributed by atoms with Crippen molar-refractivity contribution in [2.24, 2.45) is 0 Å². The second-order valence-corrected chi connectivity index (χ2v) is 8.83. The second-order valence-electron chi connectivity index (χ2n) is 8.83. The smallest absolute Gasteiger partial charge is 0.138 e. The Bertz CT molecular complexity index is 1560. The van der Waals surface area contributed by atoms with Crippen molar-refractivity contribution in [1.82, 2.24) is 19.9 Å². The van der Waals surface area contributed by atoms with Crippen molar-refractivity contribution < 1.29 is 19.7 Å². The first kappa shape index (κ1) is 23.7. The summed E-state index contributed by atoms with van der Waals surface area (Å²) in [4.78, 5) is 16.3. The van der Waals surface area contributed by atoms with E-state index in [1.807, 2.05) is 60.7 Å². The van der Waals surface area contributed by atoms with Crippen LogP contribution in [0.25, 0.3) is 56.0 Å². The van der Waals surface area contributed by atoms with E-state index in [4.69, 9.17) is 29.7 Å². The number of rotatable bonds is 9. The molecule has 8 nitrogen and oxygen atoms in total. The van der Waals surface area contributed by atoms with Gasteiger partial charge in [0, 0.05) is 11.1 Å². The largest absolute Gasteiger partial charge is 0.491 e. The first-order chi connectivity index (χ1) is 18.7. The molecule has 6 rings (SSSR count). The Morgan fingerprint density at radius 2 is 0.921 bits per heavy atom. The predicted octanol–water partition coefficient (Wildman–Crippen LogP) is 5.18. The fourth-order valence-corrected chi connectivity index (χ4v) is 4.40. The normalized spacial score (nSPS) is 11.3. The minimum absolute atomic E-state index is 0.0154. The van der Waals surface area contributed by atoms with Gasteiger partial charge >= 0.3 is 0 Å². The number of ether oxygens (including phenoxy) is 2. The van der Waals surface area contributed by atoms with Crippen LogP contribution in [-0.2, 0) is 0 Å². The van der Waals surface area contributed by atoms with Crippen LogP contribution in [0.1, 0.15) is 0 Å². The summed E-state index contributed by atoms with van der Waals surface area (Å²) >= 11 is 0. The molecule has 0 saturated heterocycles. The summed E-state index contributed by atoms with van der Waals surface area (Å²) in [5, 5.41) is 17.8. The molecule has 6 aromatic rings. The maximum Gasteiger partial charge on any atom is 0.138 e. The minimum atomic E-state index is -0.0154. The highest BCUT2D eigenvalue weighted by Gasteiger charge is 2.10. The summed E-state index contributed by atoms with van der Waals surface area (Å²) in [6.45, 7) is 0.511. The van der Waals surface area contributed by atoms with Crippen LogP contribution in [0.2, 0.25) is 0 Å². The molecule has 0 amide bonds. The molecule has 4 N–H and O–H groups in total. The quantitative estimate of drug-likeness (QED) is 0.215. The highest BCUT2D eigenvalue weighted by Crippen LogP contribution is 2.30. The number of aliphatic hydroxyl groups is 2. The van der Waals surface area contributed by atoms with E-state index in [9.17, 15) is 0 Å². The Hall–Kier alpha value is -4.66. The van der Waals surface area contributed by atoms with Crippen molar-refractivity contribution in [2.45, 2.75) is 0 Å². The SMILES string of the molecule is OCCOc1ccc(-c2nc3ccc(-c4ccc5nc(-c6ccc(OCCO)cc6)[nH]c5c4)cc3[nH]2)cc1. The molecule has 2 heterocycles. The molecule has 2 aromatic heterocycles. The van der Waals surface area contributed by atoms with Crippen LogP contribution in [-0.4, -0.2) is 56.6 Å². The Morgan fingerprint density at radius 1 is 0.526 bits per heavy atom. The average Bonchev–Trinajstić information content (AvgIpc) is 3.59. The predicted molar refractivity (Wildman–Crippen MR) is 147 cm³/mol. The second kappa shape index (κ2) is 10.4. The van der Waals surface area contributed by atoms with Gasteiger partial charge in [-0.05, 0) is 83.9 Å². The number of H-pyrrole nitrogens is 2. The van der Waals surface area contributed by atoms with Crippen LogP contribution in [0.4, 0.5) is 0 Å². The van der Waals surface area contributed by atoms with Crippen LogP contribution in [0.15, 0.2) is 84.9 Å². The molecule has 0 radical (unpaired) electrons. The third-order valence-electron chi connectivity index (χ3n) is 6.27. The summed E-state index contributed by atoms with van der Waals surface area (Å²) in [5.74, 6) is 2.99. The first-order valence-corrected chi connectivity index (χ1v) is 12.4. The molecule has 0 fully saturated rings. The zero-order valence-electron chi connectivity index (χ0n) is 20.5. The number of aliphatic hydroxyl groups excluding tert-OH is 2. The maximum atomic E-state index is 8.92. The average molecular weight is 507 g/mol. The van der Waals surface area contributed by atoms with Gasteiger partial charge in [-0.1, -0.05) is 12.1 Å². The van der Waals surface area contributed by atoms with Gasteiger partial charge in [0.2, 0.25) is 0 Å². The first-order valence-electron chi connectivity index (χ1n) is 12.4. The molecule has 0 atom stereocenters. The highest BCUT2D eigenvalue weighted by molar-refractivity contribution is 5.88.